The first-order valence-corrected chi connectivity index (χ1v) is 10.3. The van der Waals surface area contributed by atoms with Crippen molar-refractivity contribution >= 4 is 23.1 Å². The largest absolute Gasteiger partial charge is 0.507 e. The Balaban J connectivity index is 1.93. The maximum atomic E-state index is 13.4. The molecule has 34 heavy (non-hydrogen) atoms. The Labute approximate surface area is 193 Å². The van der Waals surface area contributed by atoms with Crippen LogP contribution >= 0.6 is 0 Å². The molecular weight excluding hydrogens is 447 g/mol. The fourth-order valence-corrected chi connectivity index (χ4v) is 3.90. The van der Waals surface area contributed by atoms with Crippen molar-refractivity contribution in [1.29, 1.82) is 0 Å². The van der Waals surface area contributed by atoms with Crippen LogP contribution in [-0.2, 0) is 15.8 Å². The molecule has 174 valence electrons. The number of aliphatic hydroxyl groups is 1. The predicted octanol–water partition coefficient (Wildman–Crippen LogP) is 5.65. The van der Waals surface area contributed by atoms with E-state index in [2.05, 4.69) is 0 Å². The molecule has 0 aromatic heterocycles. The smallest absolute Gasteiger partial charge is 0.416 e. The standard InChI is InChI=1S/C26H20F3NO4/c1-15-6-8-17(9-7-15)23(31)21-22(16-10-12-20(34-2)13-11-16)30(25(33)24(21)32)19-5-3-4-18(14-19)26(27,28)29/h3-14,22,31H,1-2H3/t22-/m1/s1. The Morgan fingerprint density at radius 2 is 1.62 bits per heavy atom. The number of hydrogen-bond acceptors (Lipinski definition) is 4. The molecule has 3 aromatic carbocycles. The topological polar surface area (TPSA) is 66.8 Å². The monoisotopic (exact) mass is 467 g/mol. The van der Waals surface area contributed by atoms with Gasteiger partial charge in [-0.25, -0.2) is 0 Å². The molecule has 1 aliphatic heterocycles. The van der Waals surface area contributed by atoms with Crippen LogP contribution in [-0.4, -0.2) is 23.9 Å². The Kier molecular flexibility index (Phi) is 5.91. The van der Waals surface area contributed by atoms with Crippen LogP contribution in [0.25, 0.3) is 5.76 Å². The molecule has 0 radical (unpaired) electrons. The average molecular weight is 467 g/mol. The van der Waals surface area contributed by atoms with Gasteiger partial charge in [0.2, 0.25) is 0 Å². The molecule has 0 spiro atoms. The number of nitrogens with zero attached hydrogens (tertiary/aromatic N) is 1. The quantitative estimate of drug-likeness (QED) is 0.306. The van der Waals surface area contributed by atoms with Crippen molar-refractivity contribution in [3.63, 3.8) is 0 Å². The lowest BCUT2D eigenvalue weighted by atomic mass is 9.94. The van der Waals surface area contributed by atoms with Crippen LogP contribution in [0.5, 0.6) is 5.75 Å². The summed E-state index contributed by atoms with van der Waals surface area (Å²) in [5, 5.41) is 11.1. The normalized spacial score (nSPS) is 17.8. The molecule has 1 aliphatic rings. The highest BCUT2D eigenvalue weighted by Crippen LogP contribution is 2.43. The van der Waals surface area contributed by atoms with Crippen LogP contribution in [0.1, 0.15) is 28.3 Å². The highest BCUT2D eigenvalue weighted by atomic mass is 19.4. The Morgan fingerprint density at radius 3 is 2.21 bits per heavy atom. The number of aryl methyl sites for hydroxylation is 1. The summed E-state index contributed by atoms with van der Waals surface area (Å²) in [6, 6.07) is 16.1. The van der Waals surface area contributed by atoms with Crippen molar-refractivity contribution in [2.75, 3.05) is 12.0 Å². The van der Waals surface area contributed by atoms with Crippen LogP contribution in [0.3, 0.4) is 0 Å². The molecule has 0 unspecified atom stereocenters. The first-order chi connectivity index (χ1) is 16.1. The van der Waals surface area contributed by atoms with E-state index in [1.807, 2.05) is 6.92 Å². The minimum Gasteiger partial charge on any atom is -0.507 e. The van der Waals surface area contributed by atoms with E-state index < -0.39 is 35.2 Å². The zero-order chi connectivity index (χ0) is 24.6. The number of Topliss-reactive ketones (excluding diaryl/α,β-unsaturated/α-hetero) is 1. The number of benzene rings is 3. The molecule has 1 heterocycles. The zero-order valence-electron chi connectivity index (χ0n) is 18.3. The van der Waals surface area contributed by atoms with Crippen molar-refractivity contribution in [3.05, 3.63) is 101 Å². The van der Waals surface area contributed by atoms with Gasteiger partial charge in [-0.3, -0.25) is 14.5 Å². The Hall–Kier alpha value is -4.07. The fraction of sp³-hybridized carbons (Fsp3) is 0.154. The number of ketones is 1. The highest BCUT2D eigenvalue weighted by molar-refractivity contribution is 6.51. The number of carbonyl (C=O) groups is 2. The average Bonchev–Trinajstić information content (AvgIpc) is 3.09. The molecule has 4 rings (SSSR count). The van der Waals surface area contributed by atoms with Crippen LogP contribution in [0.2, 0.25) is 0 Å². The van der Waals surface area contributed by atoms with E-state index >= 15 is 0 Å². The van der Waals surface area contributed by atoms with Crippen LogP contribution < -0.4 is 9.64 Å². The summed E-state index contributed by atoms with van der Waals surface area (Å²) < 4.78 is 45.2. The highest BCUT2D eigenvalue weighted by Gasteiger charge is 2.47. The second kappa shape index (κ2) is 8.70. The lowest BCUT2D eigenvalue weighted by Gasteiger charge is -2.26. The Bertz CT molecular complexity index is 1280. The van der Waals surface area contributed by atoms with Gasteiger partial charge in [-0.05, 0) is 42.8 Å². The van der Waals surface area contributed by atoms with Gasteiger partial charge in [0.1, 0.15) is 11.5 Å². The maximum absolute atomic E-state index is 13.4. The molecule has 0 aliphatic carbocycles. The fourth-order valence-electron chi connectivity index (χ4n) is 3.90. The minimum absolute atomic E-state index is 0.110. The van der Waals surface area contributed by atoms with Crippen molar-refractivity contribution in [2.24, 2.45) is 0 Å². The third-order valence-corrected chi connectivity index (χ3v) is 5.65. The summed E-state index contributed by atoms with van der Waals surface area (Å²) in [4.78, 5) is 27.2. The number of aliphatic hydroxyl groups excluding tert-OH is 1. The molecular formula is C26H20F3NO4. The van der Waals surface area contributed by atoms with Gasteiger partial charge in [-0.15, -0.1) is 0 Å². The summed E-state index contributed by atoms with van der Waals surface area (Å²) in [7, 11) is 1.47. The van der Waals surface area contributed by atoms with E-state index in [-0.39, 0.29) is 11.3 Å². The summed E-state index contributed by atoms with van der Waals surface area (Å²) in [5.41, 5.74) is 0.376. The van der Waals surface area contributed by atoms with E-state index in [4.69, 9.17) is 4.74 Å². The van der Waals surface area contributed by atoms with Gasteiger partial charge in [0.25, 0.3) is 11.7 Å². The lowest BCUT2D eigenvalue weighted by molar-refractivity contribution is -0.137. The van der Waals surface area contributed by atoms with Gasteiger partial charge >= 0.3 is 6.18 Å². The van der Waals surface area contributed by atoms with Gasteiger partial charge in [0.15, 0.2) is 0 Å². The number of anilines is 1. The van der Waals surface area contributed by atoms with Crippen LogP contribution in [0, 0.1) is 6.92 Å². The number of amides is 1. The van der Waals surface area contributed by atoms with Crippen molar-refractivity contribution in [3.8, 4) is 5.75 Å². The summed E-state index contributed by atoms with van der Waals surface area (Å²) in [5.74, 6) is -1.92. The molecule has 0 bridgehead atoms. The van der Waals surface area contributed by atoms with Crippen molar-refractivity contribution < 1.29 is 32.6 Å². The van der Waals surface area contributed by atoms with E-state index in [1.54, 1.807) is 48.5 Å². The third-order valence-electron chi connectivity index (χ3n) is 5.65. The number of ether oxygens (including phenoxy) is 1. The number of halogens is 3. The number of hydrogen-bond donors (Lipinski definition) is 1. The zero-order valence-corrected chi connectivity index (χ0v) is 18.3. The first kappa shape index (κ1) is 23.1. The lowest BCUT2D eigenvalue weighted by Crippen LogP contribution is -2.29. The van der Waals surface area contributed by atoms with Crippen molar-refractivity contribution in [1.82, 2.24) is 0 Å². The number of carbonyl (C=O) groups excluding carboxylic acids is 2. The van der Waals surface area contributed by atoms with E-state index in [0.29, 0.717) is 16.9 Å². The van der Waals surface area contributed by atoms with Crippen LogP contribution in [0.15, 0.2) is 78.4 Å². The predicted molar refractivity (Wildman–Crippen MR) is 120 cm³/mol. The minimum atomic E-state index is -4.64. The molecule has 1 atom stereocenters. The van der Waals surface area contributed by atoms with Gasteiger partial charge in [0, 0.05) is 11.3 Å². The van der Waals surface area contributed by atoms with Gasteiger partial charge in [-0.2, -0.15) is 13.2 Å². The van der Waals surface area contributed by atoms with Crippen LogP contribution in [0.4, 0.5) is 18.9 Å². The molecule has 1 N–H and O–H groups in total. The second-order valence-electron chi connectivity index (χ2n) is 7.86. The number of alkyl halides is 3. The van der Waals surface area contributed by atoms with E-state index in [9.17, 15) is 27.9 Å². The second-order valence-corrected chi connectivity index (χ2v) is 7.86. The molecule has 1 saturated heterocycles. The van der Waals surface area contributed by atoms with Gasteiger partial charge in [0.05, 0.1) is 24.3 Å². The molecule has 1 fully saturated rings. The molecule has 3 aromatic rings. The summed E-state index contributed by atoms with van der Waals surface area (Å²) in [6.45, 7) is 1.85. The number of rotatable bonds is 4. The maximum Gasteiger partial charge on any atom is 0.416 e. The number of methoxy groups -OCH3 is 1. The summed E-state index contributed by atoms with van der Waals surface area (Å²) in [6.07, 6.45) is -4.64. The van der Waals surface area contributed by atoms with E-state index in [0.717, 1.165) is 22.6 Å². The molecule has 1 amide bonds. The van der Waals surface area contributed by atoms with Gasteiger partial charge in [-0.1, -0.05) is 48.0 Å². The molecule has 0 saturated carbocycles. The third kappa shape index (κ3) is 4.14. The first-order valence-electron chi connectivity index (χ1n) is 10.3. The molecule has 8 heteroatoms. The Morgan fingerprint density at radius 1 is 0.971 bits per heavy atom. The summed E-state index contributed by atoms with van der Waals surface area (Å²) >= 11 is 0. The van der Waals surface area contributed by atoms with Gasteiger partial charge < -0.3 is 9.84 Å². The van der Waals surface area contributed by atoms with E-state index in [1.165, 1.54) is 19.2 Å². The molecule has 5 nitrogen and oxygen atoms in total. The van der Waals surface area contributed by atoms with Crippen molar-refractivity contribution in [2.45, 2.75) is 19.1 Å². The SMILES string of the molecule is COc1ccc([C@@H]2C(=C(O)c3ccc(C)cc3)C(=O)C(=O)N2c2cccc(C(F)(F)F)c2)cc1.